The first-order chi connectivity index (χ1) is 3.72. The zero-order valence-corrected chi connectivity index (χ0v) is 5.18. The highest BCUT2D eigenvalue weighted by Crippen LogP contribution is 1.79. The minimum atomic E-state index is 0.424. The second kappa shape index (κ2) is 3.12. The Morgan fingerprint density at radius 3 is 2.50 bits per heavy atom. The molecule has 0 aliphatic carbocycles. The lowest BCUT2D eigenvalue weighted by molar-refractivity contribution is -0.455. The molecule has 0 aromatic heterocycles. The number of nitrogens with two attached hydrogens (primary N) is 1. The maximum absolute atomic E-state index is 7.10. The first-order valence-corrected chi connectivity index (χ1v) is 2.44. The van der Waals surface area contributed by atoms with Crippen LogP contribution in [0.25, 0.3) is 0 Å². The van der Waals surface area contributed by atoms with Crippen molar-refractivity contribution in [2.45, 2.75) is 13.3 Å². The second-order valence-electron chi connectivity index (χ2n) is 1.44. The van der Waals surface area contributed by atoms with Crippen molar-refractivity contribution < 1.29 is 4.70 Å². The largest absolute Gasteiger partial charge is 0.247 e. The molecule has 0 radical (unpaired) electrons. The van der Waals surface area contributed by atoms with Crippen molar-refractivity contribution in [3.8, 4) is 0 Å². The third-order valence-electron chi connectivity index (χ3n) is 0.899. The van der Waals surface area contributed by atoms with Crippen LogP contribution in [-0.4, -0.2) is 17.6 Å². The third kappa shape index (κ3) is 1.68. The van der Waals surface area contributed by atoms with Crippen LogP contribution in [0.5, 0.6) is 0 Å². The van der Waals surface area contributed by atoms with Gasteiger partial charge in [0.2, 0.25) is 5.84 Å². The Labute approximate surface area is 48.5 Å². The Balaban J connectivity index is 3.83. The number of rotatable bonds is 1. The van der Waals surface area contributed by atoms with E-state index in [1.807, 2.05) is 6.92 Å². The monoisotopic (exact) mass is 115 g/mol. The lowest BCUT2D eigenvalue weighted by atomic mass is 10.4. The van der Waals surface area contributed by atoms with Crippen LogP contribution < -0.4 is 5.84 Å². The Kier molecular flexibility index (Phi) is 2.76. The molecule has 0 atom stereocenters. The van der Waals surface area contributed by atoms with Gasteiger partial charge in [-0.05, 0) is 0 Å². The quantitative estimate of drug-likeness (QED) is 0.127. The van der Waals surface area contributed by atoms with Crippen LogP contribution in [0.4, 0.5) is 0 Å². The van der Waals surface area contributed by atoms with Gasteiger partial charge in [0.25, 0.3) is 0 Å². The van der Waals surface area contributed by atoms with Crippen LogP contribution in [0.2, 0.25) is 0 Å². The average Bonchev–Trinajstić information content (AvgIpc) is 1.84. The molecule has 0 bridgehead atoms. The molecule has 0 spiro atoms. The molecule has 0 aromatic carbocycles. The molecule has 0 heterocycles. The third-order valence-corrected chi connectivity index (χ3v) is 0.899. The summed E-state index contributed by atoms with van der Waals surface area (Å²) in [5.41, 5.74) is 0. The van der Waals surface area contributed by atoms with Gasteiger partial charge in [0.1, 0.15) is 0 Å². The van der Waals surface area contributed by atoms with Crippen molar-refractivity contribution in [1.29, 1.82) is 5.41 Å². The molecular formula is C4H11N4+. The minimum Gasteiger partial charge on any atom is -0.232 e. The predicted molar refractivity (Wildman–Crippen MR) is 30.8 cm³/mol. The molecule has 0 fully saturated rings. The average molecular weight is 115 g/mol. The molecule has 0 saturated carbocycles. The Bertz CT molecular complexity index is 115. The molecule has 0 rings (SSSR count). The van der Waals surface area contributed by atoms with Crippen LogP contribution >= 0.6 is 0 Å². The van der Waals surface area contributed by atoms with E-state index < -0.39 is 0 Å². The van der Waals surface area contributed by atoms with E-state index in [-0.39, 0.29) is 0 Å². The lowest BCUT2D eigenvalue weighted by Crippen LogP contribution is -2.13. The van der Waals surface area contributed by atoms with Crippen LogP contribution in [0, 0.1) is 5.41 Å². The minimum absolute atomic E-state index is 0.424. The van der Waals surface area contributed by atoms with Gasteiger partial charge in [-0.15, -0.1) is 4.70 Å². The van der Waals surface area contributed by atoms with Gasteiger partial charge in [0, 0.05) is 11.6 Å². The summed E-state index contributed by atoms with van der Waals surface area (Å²) in [5.74, 6) is 5.28. The molecule has 0 aromatic rings. The molecule has 0 amide bonds. The van der Waals surface area contributed by atoms with Crippen molar-refractivity contribution in [3.63, 3.8) is 0 Å². The van der Waals surface area contributed by atoms with Crippen LogP contribution in [0.3, 0.4) is 0 Å². The first-order valence-electron chi connectivity index (χ1n) is 2.44. The molecule has 0 saturated heterocycles. The fourth-order valence-electron chi connectivity index (χ4n) is 0.299. The molecule has 8 heavy (non-hydrogen) atoms. The van der Waals surface area contributed by atoms with Crippen molar-refractivity contribution in [2.24, 2.45) is 11.1 Å². The summed E-state index contributed by atoms with van der Waals surface area (Å²) < 4.78 is 1.33. The molecule has 0 aliphatic rings. The zero-order chi connectivity index (χ0) is 6.57. The summed E-state index contributed by atoms with van der Waals surface area (Å²) in [4.78, 5) is 0. The van der Waals surface area contributed by atoms with E-state index >= 15 is 0 Å². The van der Waals surface area contributed by atoms with E-state index in [2.05, 4.69) is 5.22 Å². The molecular weight excluding hydrogens is 104 g/mol. The normalized spacial score (nSPS) is 11.5. The van der Waals surface area contributed by atoms with Gasteiger partial charge >= 0.3 is 0 Å². The van der Waals surface area contributed by atoms with Gasteiger partial charge in [0.15, 0.2) is 0 Å². The van der Waals surface area contributed by atoms with Crippen LogP contribution in [-0.2, 0) is 0 Å². The smallest absolute Gasteiger partial charge is 0.232 e. The summed E-state index contributed by atoms with van der Waals surface area (Å²) >= 11 is 0. The van der Waals surface area contributed by atoms with Gasteiger partial charge in [0.05, 0.1) is 7.05 Å². The van der Waals surface area contributed by atoms with E-state index in [1.165, 1.54) is 4.70 Å². The Morgan fingerprint density at radius 2 is 2.38 bits per heavy atom. The zero-order valence-electron chi connectivity index (χ0n) is 5.18. The highest BCUT2D eigenvalue weighted by atomic mass is 15.4. The van der Waals surface area contributed by atoms with E-state index in [4.69, 9.17) is 11.3 Å². The number of amidine groups is 1. The number of hydrogen-bond acceptors (Lipinski definition) is 2. The van der Waals surface area contributed by atoms with Gasteiger partial charge in [-0.25, -0.2) is 5.84 Å². The summed E-state index contributed by atoms with van der Waals surface area (Å²) in [6.45, 7) is 1.88. The highest BCUT2D eigenvalue weighted by Gasteiger charge is 1.97. The van der Waals surface area contributed by atoms with Gasteiger partial charge in [-0.2, -0.15) is 5.41 Å². The lowest BCUT2D eigenvalue weighted by Gasteiger charge is -1.90. The standard InChI is InChI=1S/C4H10N4/c1-3-4(5)8(2)7-6/h5-6H,3H2,1-2H3/p+1. The van der Waals surface area contributed by atoms with Crippen LogP contribution in [0.15, 0.2) is 5.22 Å². The van der Waals surface area contributed by atoms with Crippen molar-refractivity contribution in [2.75, 3.05) is 7.05 Å². The van der Waals surface area contributed by atoms with E-state index in [1.54, 1.807) is 7.05 Å². The maximum Gasteiger partial charge on any atom is 0.247 e. The summed E-state index contributed by atoms with van der Waals surface area (Å²) in [5, 5.41) is 10.4. The Morgan fingerprint density at radius 1 is 1.88 bits per heavy atom. The summed E-state index contributed by atoms with van der Waals surface area (Å²) in [6, 6.07) is 0. The predicted octanol–water partition coefficient (Wildman–Crippen LogP) is 0.342. The topological polar surface area (TPSA) is 65.2 Å². The van der Waals surface area contributed by atoms with Gasteiger partial charge in [-0.3, -0.25) is 0 Å². The molecule has 4 heteroatoms. The number of hydrogen-bond donors (Lipinski definition) is 2. The van der Waals surface area contributed by atoms with Crippen molar-refractivity contribution in [1.82, 2.24) is 0 Å². The first kappa shape index (κ1) is 7.07. The highest BCUT2D eigenvalue weighted by molar-refractivity contribution is 5.69. The van der Waals surface area contributed by atoms with Gasteiger partial charge in [-0.1, -0.05) is 6.92 Å². The molecule has 46 valence electrons. The Hall–Kier alpha value is -0.930. The van der Waals surface area contributed by atoms with E-state index in [0.29, 0.717) is 12.3 Å². The van der Waals surface area contributed by atoms with E-state index in [0.717, 1.165) is 0 Å². The van der Waals surface area contributed by atoms with Gasteiger partial charge < -0.3 is 0 Å². The second-order valence-corrected chi connectivity index (χ2v) is 1.44. The maximum atomic E-state index is 7.10. The molecule has 0 aliphatic heterocycles. The SMILES string of the molecule is CCC(=N)[N+](C)=NN. The summed E-state index contributed by atoms with van der Waals surface area (Å²) in [7, 11) is 1.64. The van der Waals surface area contributed by atoms with E-state index in [9.17, 15) is 0 Å². The van der Waals surface area contributed by atoms with Crippen molar-refractivity contribution in [3.05, 3.63) is 0 Å². The molecule has 3 N–H and O–H groups in total. The number of nitrogens with zero attached hydrogens (tertiary/aromatic N) is 2. The van der Waals surface area contributed by atoms with Crippen LogP contribution in [0.1, 0.15) is 13.3 Å². The summed E-state index contributed by atoms with van der Waals surface area (Å²) in [6.07, 6.45) is 0.664. The fourth-order valence-corrected chi connectivity index (χ4v) is 0.299. The van der Waals surface area contributed by atoms with Crippen molar-refractivity contribution >= 4 is 5.84 Å². The molecule has 0 unspecified atom stereocenters. The number of nitrogens with one attached hydrogen (secondary N) is 1. The molecule has 4 nitrogen and oxygen atoms in total. The fraction of sp³-hybridized carbons (Fsp3) is 0.750.